The predicted octanol–water partition coefficient (Wildman–Crippen LogP) is 3.86. The number of carbonyl (C=O) groups excluding carboxylic acids is 3. The van der Waals surface area contributed by atoms with Gasteiger partial charge in [-0.25, -0.2) is 0 Å². The molecule has 30 heavy (non-hydrogen) atoms. The van der Waals surface area contributed by atoms with Crippen molar-refractivity contribution in [2.24, 2.45) is 0 Å². The molecule has 1 aliphatic rings. The standard InChI is InChI=1S/C21H16Cl2N4O3/c1-12(27-20(29)15-7-17(22)18(23)8-16(15)21(27)30)19(28)25-14-9-24-26(11-14)10-13-5-3-2-4-6-13/h2-9,11-12H,10H2,1H3,(H,25,28). The number of benzene rings is 2. The van der Waals surface area contributed by atoms with Gasteiger partial charge in [-0.3, -0.25) is 24.0 Å². The van der Waals surface area contributed by atoms with Gasteiger partial charge in [0, 0.05) is 6.20 Å². The first-order valence-corrected chi connectivity index (χ1v) is 9.85. The highest BCUT2D eigenvalue weighted by molar-refractivity contribution is 6.43. The Bertz CT molecular complexity index is 1120. The molecule has 0 bridgehead atoms. The fraction of sp³-hybridized carbons (Fsp3) is 0.143. The summed E-state index contributed by atoms with van der Waals surface area (Å²) in [7, 11) is 0. The van der Waals surface area contributed by atoms with E-state index in [1.807, 2.05) is 30.3 Å². The van der Waals surface area contributed by atoms with Gasteiger partial charge in [-0.1, -0.05) is 53.5 Å². The first-order valence-electron chi connectivity index (χ1n) is 9.09. The summed E-state index contributed by atoms with van der Waals surface area (Å²) in [6.07, 6.45) is 3.19. The normalized spacial score (nSPS) is 14.0. The lowest BCUT2D eigenvalue weighted by molar-refractivity contribution is -0.119. The summed E-state index contributed by atoms with van der Waals surface area (Å²) in [4.78, 5) is 39.0. The Morgan fingerprint density at radius 2 is 1.67 bits per heavy atom. The molecule has 1 N–H and O–H groups in total. The predicted molar refractivity (Wildman–Crippen MR) is 113 cm³/mol. The van der Waals surface area contributed by atoms with E-state index in [1.54, 1.807) is 10.9 Å². The summed E-state index contributed by atoms with van der Waals surface area (Å²) in [6, 6.07) is 11.4. The second-order valence-corrected chi connectivity index (χ2v) is 7.68. The maximum atomic E-state index is 12.7. The average molecular weight is 443 g/mol. The van der Waals surface area contributed by atoms with Crippen LogP contribution < -0.4 is 5.32 Å². The van der Waals surface area contributed by atoms with Crippen molar-refractivity contribution in [3.63, 3.8) is 0 Å². The van der Waals surface area contributed by atoms with Gasteiger partial charge < -0.3 is 5.32 Å². The molecule has 9 heteroatoms. The van der Waals surface area contributed by atoms with Crippen molar-refractivity contribution >= 4 is 46.6 Å². The Morgan fingerprint density at radius 1 is 1.07 bits per heavy atom. The van der Waals surface area contributed by atoms with Gasteiger partial charge >= 0.3 is 0 Å². The van der Waals surface area contributed by atoms with Crippen molar-refractivity contribution in [3.05, 3.63) is 81.6 Å². The zero-order valence-corrected chi connectivity index (χ0v) is 17.3. The molecule has 3 amide bonds. The van der Waals surface area contributed by atoms with E-state index in [-0.39, 0.29) is 21.2 Å². The molecule has 2 heterocycles. The zero-order chi connectivity index (χ0) is 21.4. The van der Waals surface area contributed by atoms with Crippen LogP contribution in [0.25, 0.3) is 0 Å². The smallest absolute Gasteiger partial charge is 0.262 e. The molecule has 4 rings (SSSR count). The molecular weight excluding hydrogens is 427 g/mol. The molecule has 0 fully saturated rings. The highest BCUT2D eigenvalue weighted by Crippen LogP contribution is 2.32. The van der Waals surface area contributed by atoms with E-state index >= 15 is 0 Å². The van der Waals surface area contributed by atoms with Crippen LogP contribution in [0.3, 0.4) is 0 Å². The summed E-state index contributed by atoms with van der Waals surface area (Å²) in [5.74, 6) is -1.69. The van der Waals surface area contributed by atoms with Crippen molar-refractivity contribution in [1.82, 2.24) is 14.7 Å². The first kappa shape index (κ1) is 20.1. The van der Waals surface area contributed by atoms with E-state index in [9.17, 15) is 14.4 Å². The van der Waals surface area contributed by atoms with Crippen LogP contribution in [-0.2, 0) is 11.3 Å². The Labute approximate surface area is 182 Å². The summed E-state index contributed by atoms with van der Waals surface area (Å²) >= 11 is 11.9. The molecule has 0 spiro atoms. The minimum atomic E-state index is -1.03. The third kappa shape index (κ3) is 3.69. The zero-order valence-electron chi connectivity index (χ0n) is 15.8. The van der Waals surface area contributed by atoms with E-state index < -0.39 is 23.8 Å². The highest BCUT2D eigenvalue weighted by Gasteiger charge is 2.41. The second-order valence-electron chi connectivity index (χ2n) is 6.87. The Kier molecular flexibility index (Phi) is 5.32. The molecule has 1 aromatic heterocycles. The molecule has 7 nitrogen and oxygen atoms in total. The van der Waals surface area contributed by atoms with Crippen molar-refractivity contribution in [2.75, 3.05) is 5.32 Å². The molecule has 2 aromatic carbocycles. The Hall–Kier alpha value is -3.16. The van der Waals surface area contributed by atoms with Crippen LogP contribution in [0.4, 0.5) is 5.69 Å². The van der Waals surface area contributed by atoms with Gasteiger partial charge in [0.05, 0.1) is 39.6 Å². The molecule has 0 aliphatic carbocycles. The number of rotatable bonds is 5. The number of hydrogen-bond acceptors (Lipinski definition) is 4. The van der Waals surface area contributed by atoms with E-state index in [2.05, 4.69) is 10.4 Å². The van der Waals surface area contributed by atoms with Gasteiger partial charge in [0.1, 0.15) is 6.04 Å². The molecule has 1 atom stereocenters. The monoisotopic (exact) mass is 442 g/mol. The maximum absolute atomic E-state index is 12.7. The number of anilines is 1. The van der Waals surface area contributed by atoms with E-state index in [4.69, 9.17) is 23.2 Å². The molecule has 1 unspecified atom stereocenters. The van der Waals surface area contributed by atoms with Crippen LogP contribution in [0.1, 0.15) is 33.2 Å². The van der Waals surface area contributed by atoms with Gasteiger partial charge in [-0.2, -0.15) is 5.10 Å². The quantitative estimate of drug-likeness (QED) is 0.607. The Morgan fingerprint density at radius 3 is 2.27 bits per heavy atom. The number of imide groups is 1. The number of hydrogen-bond donors (Lipinski definition) is 1. The number of fused-ring (bicyclic) bond motifs is 1. The van der Waals surface area contributed by atoms with E-state index in [0.717, 1.165) is 10.5 Å². The number of nitrogens with one attached hydrogen (secondary N) is 1. The lowest BCUT2D eigenvalue weighted by Crippen LogP contribution is -2.45. The molecule has 3 aromatic rings. The highest BCUT2D eigenvalue weighted by atomic mass is 35.5. The number of halogens is 2. The number of aromatic nitrogens is 2. The molecule has 0 saturated heterocycles. The number of amides is 3. The lowest BCUT2D eigenvalue weighted by Gasteiger charge is -2.21. The molecule has 0 saturated carbocycles. The Balaban J connectivity index is 1.47. The van der Waals surface area contributed by atoms with Gasteiger partial charge in [-0.15, -0.1) is 0 Å². The van der Waals surface area contributed by atoms with Crippen LogP contribution in [0.5, 0.6) is 0 Å². The maximum Gasteiger partial charge on any atom is 0.262 e. The van der Waals surface area contributed by atoms with Gasteiger partial charge in [0.2, 0.25) is 5.91 Å². The van der Waals surface area contributed by atoms with E-state index in [1.165, 1.54) is 25.3 Å². The van der Waals surface area contributed by atoms with Gasteiger partial charge in [0.15, 0.2) is 0 Å². The molecule has 1 aliphatic heterocycles. The van der Waals surface area contributed by atoms with Crippen molar-refractivity contribution in [2.45, 2.75) is 19.5 Å². The number of carbonyl (C=O) groups is 3. The van der Waals surface area contributed by atoms with Crippen LogP contribution in [-0.4, -0.2) is 38.4 Å². The largest absolute Gasteiger partial charge is 0.322 e. The third-order valence-corrected chi connectivity index (χ3v) is 5.54. The van der Waals surface area contributed by atoms with Crippen LogP contribution >= 0.6 is 23.2 Å². The first-order chi connectivity index (χ1) is 14.3. The molecule has 152 valence electrons. The minimum Gasteiger partial charge on any atom is -0.322 e. The lowest BCUT2D eigenvalue weighted by atomic mass is 10.1. The molecule has 0 radical (unpaired) electrons. The van der Waals surface area contributed by atoms with Crippen molar-refractivity contribution < 1.29 is 14.4 Å². The van der Waals surface area contributed by atoms with Crippen LogP contribution in [0.15, 0.2) is 54.9 Å². The fourth-order valence-electron chi connectivity index (χ4n) is 3.25. The average Bonchev–Trinajstić information content (AvgIpc) is 3.25. The summed E-state index contributed by atoms with van der Waals surface area (Å²) in [5.41, 5.74) is 1.79. The third-order valence-electron chi connectivity index (χ3n) is 4.81. The SMILES string of the molecule is CC(C(=O)Nc1cnn(Cc2ccccc2)c1)N1C(=O)c2cc(Cl)c(Cl)cc2C1=O. The van der Waals surface area contributed by atoms with Crippen molar-refractivity contribution in [1.29, 1.82) is 0 Å². The van der Waals surface area contributed by atoms with Crippen LogP contribution in [0.2, 0.25) is 10.0 Å². The summed E-state index contributed by atoms with van der Waals surface area (Å²) in [5, 5.41) is 7.26. The topological polar surface area (TPSA) is 84.3 Å². The second kappa shape index (κ2) is 7.93. The molecular formula is C21H16Cl2N4O3. The van der Waals surface area contributed by atoms with Crippen LogP contribution in [0, 0.1) is 0 Å². The fourth-order valence-corrected chi connectivity index (χ4v) is 3.58. The van der Waals surface area contributed by atoms with Crippen molar-refractivity contribution in [3.8, 4) is 0 Å². The van der Waals surface area contributed by atoms with E-state index in [0.29, 0.717) is 12.2 Å². The minimum absolute atomic E-state index is 0.129. The number of nitrogens with zero attached hydrogens (tertiary/aromatic N) is 3. The summed E-state index contributed by atoms with van der Waals surface area (Å²) in [6.45, 7) is 2.03. The summed E-state index contributed by atoms with van der Waals surface area (Å²) < 4.78 is 1.68. The van der Waals surface area contributed by atoms with Gasteiger partial charge in [-0.05, 0) is 24.6 Å². The van der Waals surface area contributed by atoms with Gasteiger partial charge in [0.25, 0.3) is 11.8 Å².